The van der Waals surface area contributed by atoms with Gasteiger partial charge in [0.15, 0.2) is 11.5 Å². The van der Waals surface area contributed by atoms with Gasteiger partial charge in [-0.3, -0.25) is 9.59 Å². The van der Waals surface area contributed by atoms with Crippen LogP contribution in [0.25, 0.3) is 5.76 Å². The highest BCUT2D eigenvalue weighted by Crippen LogP contribution is 2.41. The summed E-state index contributed by atoms with van der Waals surface area (Å²) in [7, 11) is 2.01. The van der Waals surface area contributed by atoms with Crippen LogP contribution in [0.15, 0.2) is 52.9 Å². The van der Waals surface area contributed by atoms with Gasteiger partial charge in [0.05, 0.1) is 23.6 Å². The molecular weight excluding hydrogens is 476 g/mol. The Balaban J connectivity index is 2.14. The number of ether oxygens (including phenoxy) is 2. The lowest BCUT2D eigenvalue weighted by Gasteiger charge is -2.25. The van der Waals surface area contributed by atoms with Crippen molar-refractivity contribution in [3.8, 4) is 11.5 Å². The van der Waals surface area contributed by atoms with Gasteiger partial charge >= 0.3 is 0 Å². The molecule has 0 saturated carbocycles. The molecule has 1 aliphatic heterocycles. The van der Waals surface area contributed by atoms with E-state index in [1.54, 1.807) is 0 Å². The first-order valence-corrected chi connectivity index (χ1v) is 12.2. The summed E-state index contributed by atoms with van der Waals surface area (Å²) in [6.07, 6.45) is 0.451. The van der Waals surface area contributed by atoms with Gasteiger partial charge in [-0.15, -0.1) is 0 Å². The predicted octanol–water partition coefficient (Wildman–Crippen LogP) is 2.11. The number of aliphatic hydroxyl groups is 1. The lowest BCUT2D eigenvalue weighted by atomic mass is 9.95. The number of aliphatic hydroxyl groups excluding tert-OH is 1. The molecule has 10 nitrogen and oxygen atoms in total. The maximum atomic E-state index is 13.1. The highest BCUT2D eigenvalue weighted by Gasteiger charge is 2.46. The Morgan fingerprint density at radius 3 is 2.31 bits per heavy atom. The Hall–Kier alpha value is -3.41. The standard InChI is InChI=1S/C24H28N2O8S/c1-25(2)35(31,32)17-9-6-15(7-10-17)22(28)20-21(16-8-11-18(27)19(14-16)34-4)26(12-5-13-33-3)24(30)23(20)29/h6-11,14,21,27-28H,5,12-13H2,1-4H3/b22-20+/t21-/m1/s1. The highest BCUT2D eigenvalue weighted by molar-refractivity contribution is 7.89. The van der Waals surface area contributed by atoms with E-state index in [0.29, 0.717) is 18.6 Å². The molecule has 0 aliphatic carbocycles. The van der Waals surface area contributed by atoms with Crippen molar-refractivity contribution in [3.63, 3.8) is 0 Å². The number of carbonyl (C=O) groups excluding carboxylic acids is 2. The Bertz CT molecular complexity index is 1250. The average molecular weight is 505 g/mol. The van der Waals surface area contributed by atoms with Crippen molar-refractivity contribution in [3.05, 3.63) is 59.2 Å². The second-order valence-electron chi connectivity index (χ2n) is 8.08. The van der Waals surface area contributed by atoms with E-state index in [-0.39, 0.29) is 34.1 Å². The summed E-state index contributed by atoms with van der Waals surface area (Å²) in [4.78, 5) is 27.3. The van der Waals surface area contributed by atoms with Crippen LogP contribution in [0.3, 0.4) is 0 Å². The lowest BCUT2D eigenvalue weighted by molar-refractivity contribution is -0.140. The van der Waals surface area contributed by atoms with Gasteiger partial charge in [0.25, 0.3) is 11.7 Å². The predicted molar refractivity (Wildman–Crippen MR) is 127 cm³/mol. The number of methoxy groups -OCH3 is 2. The van der Waals surface area contributed by atoms with Crippen LogP contribution in [-0.4, -0.2) is 81.0 Å². The Labute approximate surface area is 204 Å². The van der Waals surface area contributed by atoms with E-state index in [9.17, 15) is 28.2 Å². The Morgan fingerprint density at radius 2 is 1.74 bits per heavy atom. The first-order valence-electron chi connectivity index (χ1n) is 10.7. The monoisotopic (exact) mass is 504 g/mol. The van der Waals surface area contributed by atoms with Crippen molar-refractivity contribution in [1.29, 1.82) is 0 Å². The number of carbonyl (C=O) groups is 2. The second-order valence-corrected chi connectivity index (χ2v) is 10.2. The third kappa shape index (κ3) is 5.02. The van der Waals surface area contributed by atoms with Gasteiger partial charge in [-0.05, 0) is 48.4 Å². The largest absolute Gasteiger partial charge is 0.507 e. The van der Waals surface area contributed by atoms with Crippen molar-refractivity contribution >= 4 is 27.5 Å². The van der Waals surface area contributed by atoms with E-state index in [0.717, 1.165) is 4.31 Å². The molecule has 1 heterocycles. The molecule has 1 aliphatic rings. The van der Waals surface area contributed by atoms with Crippen LogP contribution in [0.1, 0.15) is 23.6 Å². The first kappa shape index (κ1) is 26.2. The molecule has 0 aromatic heterocycles. The molecule has 0 radical (unpaired) electrons. The van der Waals surface area contributed by atoms with Gasteiger partial charge in [0, 0.05) is 39.9 Å². The van der Waals surface area contributed by atoms with Crippen molar-refractivity contribution in [1.82, 2.24) is 9.21 Å². The molecule has 2 N–H and O–H groups in total. The summed E-state index contributed by atoms with van der Waals surface area (Å²) < 4.78 is 36.0. The topological polar surface area (TPSA) is 134 Å². The van der Waals surface area contributed by atoms with E-state index in [2.05, 4.69) is 0 Å². The number of benzene rings is 2. The van der Waals surface area contributed by atoms with Crippen LogP contribution in [0.2, 0.25) is 0 Å². The van der Waals surface area contributed by atoms with Crippen molar-refractivity contribution < 1.29 is 37.7 Å². The zero-order chi connectivity index (χ0) is 25.9. The van der Waals surface area contributed by atoms with Crippen LogP contribution in [0, 0.1) is 0 Å². The van der Waals surface area contributed by atoms with E-state index in [4.69, 9.17) is 9.47 Å². The summed E-state index contributed by atoms with van der Waals surface area (Å²) in [5, 5.41) is 21.1. The molecule has 2 aromatic rings. The molecule has 1 fully saturated rings. The summed E-state index contributed by atoms with van der Waals surface area (Å²) >= 11 is 0. The maximum absolute atomic E-state index is 13.1. The van der Waals surface area contributed by atoms with Crippen molar-refractivity contribution in [2.45, 2.75) is 17.4 Å². The number of hydrogen-bond acceptors (Lipinski definition) is 8. The lowest BCUT2D eigenvalue weighted by Crippen LogP contribution is -2.31. The number of phenolic OH excluding ortho intramolecular Hbond substituents is 1. The molecule has 3 rings (SSSR count). The van der Waals surface area contributed by atoms with Crippen molar-refractivity contribution in [2.24, 2.45) is 0 Å². The fourth-order valence-electron chi connectivity index (χ4n) is 3.85. The number of sulfonamides is 1. The first-order chi connectivity index (χ1) is 16.5. The number of amides is 1. The molecular formula is C24H28N2O8S. The molecule has 2 aromatic carbocycles. The van der Waals surface area contributed by atoms with Gasteiger partial charge < -0.3 is 24.6 Å². The number of hydrogen-bond donors (Lipinski definition) is 2. The van der Waals surface area contributed by atoms with Crippen LogP contribution >= 0.6 is 0 Å². The fourth-order valence-corrected chi connectivity index (χ4v) is 4.75. The number of phenols is 1. The molecule has 1 amide bonds. The third-order valence-electron chi connectivity index (χ3n) is 5.71. The maximum Gasteiger partial charge on any atom is 0.295 e. The van der Waals surface area contributed by atoms with E-state index in [1.165, 1.54) is 75.7 Å². The second kappa shape index (κ2) is 10.5. The van der Waals surface area contributed by atoms with Gasteiger partial charge in [0.1, 0.15) is 5.76 Å². The van der Waals surface area contributed by atoms with Gasteiger partial charge in [-0.1, -0.05) is 6.07 Å². The van der Waals surface area contributed by atoms with E-state index < -0.39 is 33.5 Å². The number of likely N-dealkylation sites (tertiary alicyclic amines) is 1. The number of Topliss-reactive ketones (excluding diaryl/α,β-unsaturated/α-hetero) is 1. The number of aromatic hydroxyl groups is 1. The van der Waals surface area contributed by atoms with Crippen LogP contribution < -0.4 is 4.74 Å². The minimum absolute atomic E-state index is 0.0129. The molecule has 1 atom stereocenters. The minimum atomic E-state index is -3.69. The molecule has 188 valence electrons. The summed E-state index contributed by atoms with van der Waals surface area (Å²) in [6.45, 7) is 0.541. The summed E-state index contributed by atoms with van der Waals surface area (Å²) in [5.74, 6) is -2.08. The smallest absolute Gasteiger partial charge is 0.295 e. The zero-order valence-corrected chi connectivity index (χ0v) is 20.7. The van der Waals surface area contributed by atoms with Crippen molar-refractivity contribution in [2.75, 3.05) is 41.5 Å². The zero-order valence-electron chi connectivity index (χ0n) is 19.9. The number of rotatable bonds is 9. The molecule has 0 spiro atoms. The Morgan fingerprint density at radius 1 is 1.09 bits per heavy atom. The minimum Gasteiger partial charge on any atom is -0.507 e. The Kier molecular flexibility index (Phi) is 7.83. The molecule has 11 heteroatoms. The quantitative estimate of drug-likeness (QED) is 0.230. The normalized spacial score (nSPS) is 17.9. The third-order valence-corrected chi connectivity index (χ3v) is 7.54. The van der Waals surface area contributed by atoms with Crippen LogP contribution in [0.5, 0.6) is 11.5 Å². The fraction of sp³-hybridized carbons (Fsp3) is 0.333. The van der Waals surface area contributed by atoms with E-state index >= 15 is 0 Å². The molecule has 0 bridgehead atoms. The SMILES string of the molecule is COCCCN1C(=O)C(=O)/C(=C(/O)c2ccc(S(=O)(=O)N(C)C)cc2)[C@H]1c1ccc(O)c(OC)c1. The molecule has 0 unspecified atom stereocenters. The average Bonchev–Trinajstić information content (AvgIpc) is 3.09. The van der Waals surface area contributed by atoms with E-state index in [1.807, 2.05) is 0 Å². The van der Waals surface area contributed by atoms with Gasteiger partial charge in [-0.2, -0.15) is 0 Å². The van der Waals surface area contributed by atoms with Gasteiger partial charge in [0.2, 0.25) is 10.0 Å². The highest BCUT2D eigenvalue weighted by atomic mass is 32.2. The summed E-state index contributed by atoms with van der Waals surface area (Å²) in [5.41, 5.74) is 0.473. The van der Waals surface area contributed by atoms with Crippen LogP contribution in [0.4, 0.5) is 0 Å². The number of nitrogens with zero attached hydrogens (tertiary/aromatic N) is 2. The van der Waals surface area contributed by atoms with Gasteiger partial charge in [-0.25, -0.2) is 12.7 Å². The molecule has 35 heavy (non-hydrogen) atoms. The molecule has 1 saturated heterocycles. The summed E-state index contributed by atoms with van der Waals surface area (Å²) in [6, 6.07) is 8.84. The number of ketones is 1. The van der Waals surface area contributed by atoms with Crippen LogP contribution in [-0.2, 0) is 24.3 Å².